The van der Waals surface area contributed by atoms with Gasteiger partial charge < -0.3 is 19.2 Å². The summed E-state index contributed by atoms with van der Waals surface area (Å²) in [5.41, 5.74) is 0.767. The number of rotatable bonds is 5. The van der Waals surface area contributed by atoms with E-state index in [0.29, 0.717) is 11.4 Å². The Morgan fingerprint density at radius 3 is 2.67 bits per heavy atom. The summed E-state index contributed by atoms with van der Waals surface area (Å²) in [6.07, 6.45) is 1.67. The Morgan fingerprint density at radius 2 is 2.00 bits per heavy atom. The molecule has 0 aliphatic carbocycles. The highest BCUT2D eigenvalue weighted by Gasteiger charge is 2.20. The van der Waals surface area contributed by atoms with E-state index in [-0.39, 0.29) is 5.56 Å². The zero-order chi connectivity index (χ0) is 15.2. The van der Waals surface area contributed by atoms with Gasteiger partial charge in [-0.2, -0.15) is 0 Å². The van der Waals surface area contributed by atoms with Gasteiger partial charge in [-0.15, -0.1) is 0 Å². The highest BCUT2D eigenvalue weighted by Crippen LogP contribution is 2.23. The Morgan fingerprint density at radius 1 is 1.24 bits per heavy atom. The van der Waals surface area contributed by atoms with Crippen molar-refractivity contribution in [3.63, 3.8) is 0 Å². The van der Waals surface area contributed by atoms with Crippen LogP contribution in [0.25, 0.3) is 0 Å². The smallest absolute Gasteiger partial charge is 0.342 e. The van der Waals surface area contributed by atoms with E-state index in [2.05, 4.69) is 5.32 Å². The van der Waals surface area contributed by atoms with Crippen molar-refractivity contribution < 1.29 is 23.5 Å². The number of hydrogen-bond donors (Lipinski definition) is 1. The second kappa shape index (κ2) is 6.60. The molecule has 0 aliphatic rings. The minimum absolute atomic E-state index is 0.256. The Balaban J connectivity index is 1.98. The molecule has 0 saturated carbocycles. The predicted octanol–water partition coefficient (Wildman–Crippen LogP) is 2.47. The molecule has 1 amide bonds. The molecule has 0 fully saturated rings. The van der Waals surface area contributed by atoms with E-state index in [9.17, 15) is 9.59 Å². The SMILES string of the molecule is COc1ccccc1NC(=O)C(C)OC(=O)c1ccoc1. The van der Waals surface area contributed by atoms with E-state index in [4.69, 9.17) is 13.9 Å². The molecule has 21 heavy (non-hydrogen) atoms. The quantitative estimate of drug-likeness (QED) is 0.855. The highest BCUT2D eigenvalue weighted by atomic mass is 16.5. The number of nitrogens with one attached hydrogen (secondary N) is 1. The number of anilines is 1. The fourth-order valence-electron chi connectivity index (χ4n) is 1.65. The summed E-state index contributed by atoms with van der Waals surface area (Å²) in [4.78, 5) is 23.7. The van der Waals surface area contributed by atoms with E-state index in [1.165, 1.54) is 32.6 Å². The standard InChI is InChI=1S/C15H15NO5/c1-10(21-15(18)11-7-8-20-9-11)14(17)16-12-5-3-4-6-13(12)19-2/h3-10H,1-2H3,(H,16,17). The normalized spacial score (nSPS) is 11.5. The minimum atomic E-state index is -0.947. The number of carbonyl (C=O) groups is 2. The second-order valence-electron chi connectivity index (χ2n) is 4.25. The molecule has 0 radical (unpaired) electrons. The first-order valence-corrected chi connectivity index (χ1v) is 6.29. The molecule has 1 aromatic carbocycles. The van der Waals surface area contributed by atoms with Gasteiger partial charge in [0.1, 0.15) is 12.0 Å². The molecule has 1 unspecified atom stereocenters. The number of methoxy groups -OCH3 is 1. The van der Waals surface area contributed by atoms with Crippen LogP contribution in [-0.2, 0) is 9.53 Å². The highest BCUT2D eigenvalue weighted by molar-refractivity contribution is 5.98. The van der Waals surface area contributed by atoms with Crippen LogP contribution in [0.15, 0.2) is 47.3 Å². The second-order valence-corrected chi connectivity index (χ2v) is 4.25. The fraction of sp³-hybridized carbons (Fsp3) is 0.200. The molecule has 0 saturated heterocycles. The number of benzene rings is 1. The number of esters is 1. The van der Waals surface area contributed by atoms with Crippen molar-refractivity contribution in [3.8, 4) is 5.75 Å². The molecule has 1 heterocycles. The average Bonchev–Trinajstić information content (AvgIpc) is 3.02. The Hall–Kier alpha value is -2.76. The van der Waals surface area contributed by atoms with Crippen molar-refractivity contribution in [1.29, 1.82) is 0 Å². The summed E-state index contributed by atoms with van der Waals surface area (Å²) >= 11 is 0. The number of hydrogen-bond acceptors (Lipinski definition) is 5. The summed E-state index contributed by atoms with van der Waals surface area (Å²) in [6.45, 7) is 1.49. The molecular formula is C15H15NO5. The van der Waals surface area contributed by atoms with E-state index in [1.54, 1.807) is 24.3 Å². The third-order valence-electron chi connectivity index (χ3n) is 2.77. The maximum absolute atomic E-state index is 12.0. The Bertz CT molecular complexity index is 621. The van der Waals surface area contributed by atoms with Crippen molar-refractivity contribution in [2.75, 3.05) is 12.4 Å². The molecule has 1 atom stereocenters. The summed E-state index contributed by atoms with van der Waals surface area (Å²) in [5.74, 6) is -0.540. The van der Waals surface area contributed by atoms with Crippen molar-refractivity contribution in [1.82, 2.24) is 0 Å². The lowest BCUT2D eigenvalue weighted by atomic mass is 10.2. The summed E-state index contributed by atoms with van der Waals surface area (Å²) in [6, 6.07) is 8.43. The van der Waals surface area contributed by atoms with Gasteiger partial charge in [0.2, 0.25) is 0 Å². The summed E-state index contributed by atoms with van der Waals surface area (Å²) in [5, 5.41) is 2.65. The lowest BCUT2D eigenvalue weighted by molar-refractivity contribution is -0.123. The molecule has 0 aliphatic heterocycles. The van der Waals surface area contributed by atoms with E-state index in [0.717, 1.165) is 0 Å². The van der Waals surface area contributed by atoms with Gasteiger partial charge >= 0.3 is 5.97 Å². The van der Waals surface area contributed by atoms with Crippen LogP contribution in [-0.4, -0.2) is 25.1 Å². The lowest BCUT2D eigenvalue weighted by Crippen LogP contribution is -2.30. The first-order chi connectivity index (χ1) is 10.1. The van der Waals surface area contributed by atoms with Crippen LogP contribution in [0.5, 0.6) is 5.75 Å². The molecule has 0 spiro atoms. The van der Waals surface area contributed by atoms with E-state index < -0.39 is 18.0 Å². The lowest BCUT2D eigenvalue weighted by Gasteiger charge is -2.14. The molecule has 6 nitrogen and oxygen atoms in total. The maximum Gasteiger partial charge on any atom is 0.342 e. The average molecular weight is 289 g/mol. The van der Waals surface area contributed by atoms with Crippen LogP contribution in [0.2, 0.25) is 0 Å². The van der Waals surface area contributed by atoms with Crippen molar-refractivity contribution in [3.05, 3.63) is 48.4 Å². The number of carbonyl (C=O) groups excluding carboxylic acids is 2. The summed E-state index contributed by atoms with van der Waals surface area (Å²) < 4.78 is 15.0. The Labute approximate surface area is 121 Å². The van der Waals surface area contributed by atoms with Crippen LogP contribution in [0.1, 0.15) is 17.3 Å². The van der Waals surface area contributed by atoms with Gasteiger partial charge in [0.25, 0.3) is 5.91 Å². The zero-order valence-corrected chi connectivity index (χ0v) is 11.7. The van der Waals surface area contributed by atoms with Crippen molar-refractivity contribution in [2.45, 2.75) is 13.0 Å². The van der Waals surface area contributed by atoms with Crippen molar-refractivity contribution >= 4 is 17.6 Å². The minimum Gasteiger partial charge on any atom is -0.495 e. The third-order valence-corrected chi connectivity index (χ3v) is 2.77. The number of para-hydroxylation sites is 2. The van der Waals surface area contributed by atoms with Crippen molar-refractivity contribution in [2.24, 2.45) is 0 Å². The van der Waals surface area contributed by atoms with Gasteiger partial charge in [-0.3, -0.25) is 4.79 Å². The van der Waals surface area contributed by atoms with Crippen LogP contribution in [0, 0.1) is 0 Å². The van der Waals surface area contributed by atoms with Gasteiger partial charge in [0, 0.05) is 0 Å². The molecule has 2 rings (SSSR count). The molecular weight excluding hydrogens is 274 g/mol. The Kier molecular flexibility index (Phi) is 4.61. The fourth-order valence-corrected chi connectivity index (χ4v) is 1.65. The monoisotopic (exact) mass is 289 g/mol. The number of amides is 1. The van der Waals surface area contributed by atoms with E-state index in [1.807, 2.05) is 0 Å². The topological polar surface area (TPSA) is 77.8 Å². The largest absolute Gasteiger partial charge is 0.495 e. The van der Waals surface area contributed by atoms with Crippen LogP contribution in [0.3, 0.4) is 0 Å². The van der Waals surface area contributed by atoms with Gasteiger partial charge in [-0.25, -0.2) is 4.79 Å². The zero-order valence-electron chi connectivity index (χ0n) is 11.7. The number of ether oxygens (including phenoxy) is 2. The van der Waals surface area contributed by atoms with Gasteiger partial charge in [-0.1, -0.05) is 12.1 Å². The molecule has 1 aromatic heterocycles. The van der Waals surface area contributed by atoms with Gasteiger partial charge in [-0.05, 0) is 25.1 Å². The van der Waals surface area contributed by atoms with Crippen LogP contribution >= 0.6 is 0 Å². The van der Waals surface area contributed by atoms with Gasteiger partial charge in [0.15, 0.2) is 6.10 Å². The van der Waals surface area contributed by atoms with Crippen LogP contribution < -0.4 is 10.1 Å². The molecule has 0 bridgehead atoms. The third kappa shape index (κ3) is 3.62. The predicted molar refractivity (Wildman–Crippen MR) is 75.2 cm³/mol. The first kappa shape index (κ1) is 14.6. The molecule has 1 N–H and O–H groups in total. The maximum atomic E-state index is 12.0. The van der Waals surface area contributed by atoms with E-state index >= 15 is 0 Å². The molecule has 110 valence electrons. The van der Waals surface area contributed by atoms with Crippen LogP contribution in [0.4, 0.5) is 5.69 Å². The first-order valence-electron chi connectivity index (χ1n) is 6.29. The number of furan rings is 1. The molecule has 2 aromatic rings. The van der Waals surface area contributed by atoms with Gasteiger partial charge in [0.05, 0.1) is 24.6 Å². The summed E-state index contributed by atoms with van der Waals surface area (Å²) in [7, 11) is 1.51. The molecule has 6 heteroatoms.